The molecule has 0 aliphatic heterocycles. The molecule has 0 saturated heterocycles. The zero-order valence-electron chi connectivity index (χ0n) is 14.4. The van der Waals surface area contributed by atoms with Gasteiger partial charge in [0.2, 0.25) is 0 Å². The average molecular weight is 417 g/mol. The lowest BCUT2D eigenvalue weighted by Crippen LogP contribution is -2.51. The van der Waals surface area contributed by atoms with Crippen molar-refractivity contribution in [1.29, 1.82) is 0 Å². The number of nitrogens with zero attached hydrogens (tertiary/aromatic N) is 1. The van der Waals surface area contributed by atoms with Crippen LogP contribution in [0, 0.1) is 0 Å². The largest absolute Gasteiger partial charge is 0.327 e. The van der Waals surface area contributed by atoms with E-state index in [9.17, 15) is 13.2 Å². The zero-order valence-corrected chi connectivity index (χ0v) is 16.7. The summed E-state index contributed by atoms with van der Waals surface area (Å²) in [5.74, 6) is -0.766. The van der Waals surface area contributed by atoms with Crippen LogP contribution >= 0.6 is 23.2 Å². The van der Waals surface area contributed by atoms with Gasteiger partial charge in [-0.25, -0.2) is 4.72 Å². The molecular weight excluding hydrogens is 399 g/mol. The minimum absolute atomic E-state index is 0.208. The monoisotopic (exact) mass is 416 g/mol. The van der Waals surface area contributed by atoms with Crippen molar-refractivity contribution in [1.82, 2.24) is 9.19 Å². The highest BCUT2D eigenvalue weighted by Crippen LogP contribution is 2.34. The predicted molar refractivity (Wildman–Crippen MR) is 101 cm³/mol. The molecule has 0 unspecified atom stereocenters. The number of halogens is 2. The van der Waals surface area contributed by atoms with Gasteiger partial charge in [0.15, 0.2) is 0 Å². The third-order valence-electron chi connectivity index (χ3n) is 3.72. The van der Waals surface area contributed by atoms with Crippen LogP contribution in [0.2, 0.25) is 10.0 Å². The molecule has 9 heteroatoms. The molecule has 0 saturated carbocycles. The van der Waals surface area contributed by atoms with E-state index in [1.807, 2.05) is 4.72 Å². The van der Waals surface area contributed by atoms with Gasteiger partial charge in [-0.3, -0.25) is 9.63 Å². The van der Waals surface area contributed by atoms with Gasteiger partial charge in [0.1, 0.15) is 0 Å². The second kappa shape index (κ2) is 7.94. The summed E-state index contributed by atoms with van der Waals surface area (Å²) in [7, 11) is -3.11. The third-order valence-corrected chi connectivity index (χ3v) is 5.95. The van der Waals surface area contributed by atoms with Crippen LogP contribution in [0.3, 0.4) is 0 Å². The Kier molecular flexibility index (Phi) is 6.31. The van der Waals surface area contributed by atoms with Crippen LogP contribution in [0.25, 0.3) is 0 Å². The molecule has 6 nitrogen and oxygen atoms in total. The molecule has 1 amide bonds. The smallest absolute Gasteiger partial charge is 0.285 e. The Morgan fingerprint density at radius 3 is 2.23 bits per heavy atom. The summed E-state index contributed by atoms with van der Waals surface area (Å²) in [6.45, 7) is 3.23. The highest BCUT2D eigenvalue weighted by molar-refractivity contribution is 7.87. The van der Waals surface area contributed by atoms with E-state index in [1.54, 1.807) is 50.2 Å². The summed E-state index contributed by atoms with van der Waals surface area (Å²) in [6.07, 6.45) is 0. The van der Waals surface area contributed by atoms with Crippen LogP contribution in [0.5, 0.6) is 0 Å². The van der Waals surface area contributed by atoms with Gasteiger partial charge >= 0.3 is 10.2 Å². The summed E-state index contributed by atoms with van der Waals surface area (Å²) < 4.78 is 28.2. The number of hydroxylamine groups is 1. The summed E-state index contributed by atoms with van der Waals surface area (Å²) in [4.78, 5) is 17.3. The molecule has 1 N–H and O–H groups in total. The number of hydrogen-bond acceptors (Lipinski definition) is 4. The van der Waals surface area contributed by atoms with Gasteiger partial charge in [-0.15, -0.1) is 0 Å². The van der Waals surface area contributed by atoms with Crippen molar-refractivity contribution in [3.63, 3.8) is 0 Å². The lowest BCUT2D eigenvalue weighted by molar-refractivity contribution is -0.117. The number of rotatable bonds is 6. The molecule has 26 heavy (non-hydrogen) atoms. The maximum absolute atomic E-state index is 12.7. The van der Waals surface area contributed by atoms with Crippen molar-refractivity contribution in [3.8, 4) is 0 Å². The fraction of sp³-hybridized carbons (Fsp3) is 0.235. The minimum atomic E-state index is -4.31. The van der Waals surface area contributed by atoms with E-state index in [4.69, 9.17) is 28.0 Å². The van der Waals surface area contributed by atoms with Crippen molar-refractivity contribution in [2.45, 2.75) is 19.4 Å². The first-order valence-electron chi connectivity index (χ1n) is 7.52. The van der Waals surface area contributed by atoms with E-state index in [-0.39, 0.29) is 10.6 Å². The van der Waals surface area contributed by atoms with Crippen molar-refractivity contribution in [2.75, 3.05) is 7.11 Å². The van der Waals surface area contributed by atoms with Crippen LogP contribution < -0.4 is 4.72 Å². The summed E-state index contributed by atoms with van der Waals surface area (Å²) in [5, 5.41) is 0.620. The Bertz CT molecular complexity index is 902. The van der Waals surface area contributed by atoms with Gasteiger partial charge in [0.25, 0.3) is 5.91 Å². The summed E-state index contributed by atoms with van der Waals surface area (Å²) in [5.41, 5.74) is -0.433. The topological polar surface area (TPSA) is 75.7 Å². The van der Waals surface area contributed by atoms with E-state index < -0.39 is 21.7 Å². The van der Waals surface area contributed by atoms with E-state index >= 15 is 0 Å². The highest BCUT2D eigenvalue weighted by atomic mass is 35.5. The first-order valence-corrected chi connectivity index (χ1v) is 9.71. The fourth-order valence-corrected chi connectivity index (χ4v) is 4.05. The Morgan fingerprint density at radius 2 is 1.69 bits per heavy atom. The number of nitrogens with one attached hydrogen (secondary N) is 1. The van der Waals surface area contributed by atoms with E-state index in [1.165, 1.54) is 19.2 Å². The number of carbonyl (C=O) groups excluding carboxylic acids is 1. The molecule has 140 valence electrons. The molecule has 0 aliphatic rings. The minimum Gasteiger partial charge on any atom is -0.285 e. The molecule has 0 spiro atoms. The second-order valence-corrected chi connectivity index (χ2v) is 8.20. The quantitative estimate of drug-likeness (QED) is 0.727. The van der Waals surface area contributed by atoms with Crippen LogP contribution in [-0.2, 0) is 20.6 Å². The SMILES string of the molecule is CON(C(C)(C)c1ccc(Cl)c(Cl)c1)S(=O)(=O)NC(=O)c1ccccc1. The number of benzene rings is 2. The standard InChI is InChI=1S/C17H18Cl2N2O4S/c1-17(2,13-9-10-14(18)15(19)11-13)21(25-3)26(23,24)20-16(22)12-7-5-4-6-8-12/h4-11H,1-3H3,(H,20,22). The van der Waals surface area contributed by atoms with Crippen LogP contribution in [0.15, 0.2) is 48.5 Å². The molecule has 0 heterocycles. The molecule has 2 rings (SSSR count). The maximum Gasteiger partial charge on any atom is 0.327 e. The molecule has 0 aliphatic carbocycles. The van der Waals surface area contributed by atoms with Crippen molar-refractivity contribution in [2.24, 2.45) is 0 Å². The second-order valence-electron chi connectivity index (χ2n) is 5.90. The molecule has 2 aromatic rings. The normalized spacial score (nSPS) is 12.2. The molecule has 0 bridgehead atoms. The average Bonchev–Trinajstić information content (AvgIpc) is 2.57. The number of carbonyl (C=O) groups is 1. The Morgan fingerprint density at radius 1 is 1.08 bits per heavy atom. The maximum atomic E-state index is 12.7. The van der Waals surface area contributed by atoms with E-state index in [0.717, 1.165) is 0 Å². The zero-order chi connectivity index (χ0) is 19.5. The first kappa shape index (κ1) is 20.7. The molecule has 0 radical (unpaired) electrons. The summed E-state index contributed by atoms with van der Waals surface area (Å²) in [6, 6.07) is 12.7. The number of amides is 1. The third kappa shape index (κ3) is 4.36. The molecule has 0 fully saturated rings. The van der Waals surface area contributed by atoms with Gasteiger partial charge < -0.3 is 0 Å². The summed E-state index contributed by atoms with van der Waals surface area (Å²) >= 11 is 12.0. The van der Waals surface area contributed by atoms with Gasteiger partial charge in [-0.05, 0) is 43.7 Å². The van der Waals surface area contributed by atoms with Gasteiger partial charge in [0.05, 0.1) is 22.7 Å². The molecular formula is C17H18Cl2N2O4S. The van der Waals surface area contributed by atoms with Crippen molar-refractivity contribution >= 4 is 39.3 Å². The predicted octanol–water partition coefficient (Wildman–Crippen LogP) is 3.77. The number of hydrogen-bond donors (Lipinski definition) is 1. The van der Waals surface area contributed by atoms with Crippen LogP contribution in [-0.4, -0.2) is 25.9 Å². The van der Waals surface area contributed by atoms with E-state index in [0.29, 0.717) is 15.1 Å². The Labute approximate surface area is 162 Å². The van der Waals surface area contributed by atoms with Crippen molar-refractivity contribution in [3.05, 3.63) is 69.7 Å². The lowest BCUT2D eigenvalue weighted by Gasteiger charge is -2.35. The Balaban J connectivity index is 2.35. The van der Waals surface area contributed by atoms with Crippen molar-refractivity contribution < 1.29 is 18.0 Å². The highest BCUT2D eigenvalue weighted by Gasteiger charge is 2.40. The fourth-order valence-electron chi connectivity index (χ4n) is 2.42. The van der Waals surface area contributed by atoms with E-state index in [2.05, 4.69) is 0 Å². The van der Waals surface area contributed by atoms with Gasteiger partial charge in [-0.2, -0.15) is 8.42 Å². The van der Waals surface area contributed by atoms with Crippen LogP contribution in [0.4, 0.5) is 0 Å². The molecule has 0 aromatic heterocycles. The Hall–Kier alpha value is -1.64. The first-order chi connectivity index (χ1) is 12.1. The lowest BCUT2D eigenvalue weighted by atomic mass is 9.95. The van der Waals surface area contributed by atoms with Crippen LogP contribution in [0.1, 0.15) is 29.8 Å². The van der Waals surface area contributed by atoms with Gasteiger partial charge in [0, 0.05) is 5.56 Å². The van der Waals surface area contributed by atoms with Gasteiger partial charge in [-0.1, -0.05) is 51.9 Å². The molecule has 2 aromatic carbocycles. The molecule has 0 atom stereocenters.